The highest BCUT2D eigenvalue weighted by molar-refractivity contribution is 5.91. The molecule has 0 saturated heterocycles. The van der Waals surface area contributed by atoms with Gasteiger partial charge in [0.2, 0.25) is 5.91 Å². The van der Waals surface area contributed by atoms with Crippen LogP contribution in [0.4, 0.5) is 5.69 Å². The predicted octanol–water partition coefficient (Wildman–Crippen LogP) is 2.46. The van der Waals surface area contributed by atoms with E-state index in [-0.39, 0.29) is 18.9 Å². The number of rotatable bonds is 9. The summed E-state index contributed by atoms with van der Waals surface area (Å²) < 4.78 is 5.26. The van der Waals surface area contributed by atoms with Crippen LogP contribution in [0.2, 0.25) is 0 Å². The summed E-state index contributed by atoms with van der Waals surface area (Å²) in [5.41, 5.74) is 1.24. The van der Waals surface area contributed by atoms with Gasteiger partial charge in [0.15, 0.2) is 0 Å². The van der Waals surface area contributed by atoms with Gasteiger partial charge >= 0.3 is 5.97 Å². The van der Waals surface area contributed by atoms with Crippen molar-refractivity contribution in [2.45, 2.75) is 32.6 Å². The predicted molar refractivity (Wildman–Crippen MR) is 76.8 cm³/mol. The number of carbonyl (C=O) groups is 2. The van der Waals surface area contributed by atoms with E-state index in [1.165, 1.54) is 0 Å². The Hall–Kier alpha value is -1.88. The van der Waals surface area contributed by atoms with Crippen LogP contribution >= 0.6 is 0 Å². The summed E-state index contributed by atoms with van der Waals surface area (Å²) in [5, 5.41) is 11.4. The first kappa shape index (κ1) is 16.2. The molecule has 1 aromatic rings. The van der Waals surface area contributed by atoms with Gasteiger partial charge in [-0.15, -0.1) is 0 Å². The number of carboxylic acids is 1. The van der Waals surface area contributed by atoms with Crippen molar-refractivity contribution in [3.63, 3.8) is 0 Å². The number of ether oxygens (including phenoxy) is 1. The maximum absolute atomic E-state index is 11.6. The van der Waals surface area contributed by atoms with Crippen LogP contribution in [-0.4, -0.2) is 30.2 Å². The smallest absolute Gasteiger partial charge is 0.307 e. The number of carboxylic acid groups (broad SMARTS) is 1. The molecule has 5 nitrogen and oxygen atoms in total. The monoisotopic (exact) mass is 279 g/mol. The first-order valence-corrected chi connectivity index (χ1v) is 6.80. The van der Waals surface area contributed by atoms with Gasteiger partial charge in [-0.3, -0.25) is 9.59 Å². The summed E-state index contributed by atoms with van der Waals surface area (Å²) in [4.78, 5) is 22.2. The lowest BCUT2D eigenvalue weighted by Gasteiger charge is -2.07. The van der Waals surface area contributed by atoms with Gasteiger partial charge in [-0.25, -0.2) is 0 Å². The Morgan fingerprint density at radius 2 is 2.10 bits per heavy atom. The lowest BCUT2D eigenvalue weighted by molar-refractivity contribution is -0.136. The van der Waals surface area contributed by atoms with E-state index in [2.05, 4.69) is 12.2 Å². The fourth-order valence-corrected chi connectivity index (χ4v) is 1.75. The van der Waals surface area contributed by atoms with Crippen molar-refractivity contribution in [1.29, 1.82) is 0 Å². The summed E-state index contributed by atoms with van der Waals surface area (Å²) in [6, 6.07) is 6.81. The molecule has 0 aliphatic heterocycles. The molecule has 0 spiro atoms. The second kappa shape index (κ2) is 9.09. The van der Waals surface area contributed by atoms with E-state index in [4.69, 9.17) is 9.84 Å². The molecule has 0 fully saturated rings. The molecular formula is C15H21NO4. The van der Waals surface area contributed by atoms with Gasteiger partial charge in [0.25, 0.3) is 0 Å². The summed E-state index contributed by atoms with van der Waals surface area (Å²) in [5.74, 6) is -1.12. The minimum Gasteiger partial charge on any atom is -0.481 e. The van der Waals surface area contributed by atoms with E-state index in [9.17, 15) is 9.59 Å². The third-order valence-corrected chi connectivity index (χ3v) is 2.69. The molecule has 0 aromatic heterocycles. The fourth-order valence-electron chi connectivity index (χ4n) is 1.75. The Balaban J connectivity index is 2.36. The number of anilines is 1. The quantitative estimate of drug-likeness (QED) is 0.681. The van der Waals surface area contributed by atoms with Gasteiger partial charge in [0.05, 0.1) is 6.42 Å². The average molecular weight is 279 g/mol. The standard InChI is InChI=1S/C15H21NO4/c1-2-3-4-8-20-11-14(17)16-13-7-5-6-12(9-13)10-15(18)19/h5-7,9H,2-4,8,10-11H2,1H3,(H,16,17)(H,18,19). The Morgan fingerprint density at radius 3 is 2.80 bits per heavy atom. The Bertz CT molecular complexity index is 445. The minimum absolute atomic E-state index is 0.0207. The molecule has 0 atom stereocenters. The van der Waals surface area contributed by atoms with Crippen molar-refractivity contribution in [3.05, 3.63) is 29.8 Å². The van der Waals surface area contributed by atoms with Crippen molar-refractivity contribution >= 4 is 17.6 Å². The highest BCUT2D eigenvalue weighted by Gasteiger charge is 2.05. The highest BCUT2D eigenvalue weighted by atomic mass is 16.5. The first-order chi connectivity index (χ1) is 9.61. The largest absolute Gasteiger partial charge is 0.481 e. The molecule has 1 amide bonds. The second-order valence-corrected chi connectivity index (χ2v) is 4.58. The number of carbonyl (C=O) groups excluding carboxylic acids is 1. The highest BCUT2D eigenvalue weighted by Crippen LogP contribution is 2.11. The van der Waals surface area contributed by atoms with Crippen molar-refractivity contribution in [3.8, 4) is 0 Å². The normalized spacial score (nSPS) is 10.2. The number of hydrogen-bond acceptors (Lipinski definition) is 3. The molecular weight excluding hydrogens is 258 g/mol. The Morgan fingerprint density at radius 1 is 1.30 bits per heavy atom. The van der Waals surface area contributed by atoms with Crippen LogP contribution in [0.1, 0.15) is 31.7 Å². The maximum Gasteiger partial charge on any atom is 0.307 e. The van der Waals surface area contributed by atoms with Crippen LogP contribution in [0.25, 0.3) is 0 Å². The SMILES string of the molecule is CCCCCOCC(=O)Nc1cccc(CC(=O)O)c1. The van der Waals surface area contributed by atoms with Gasteiger partial charge in [-0.2, -0.15) is 0 Å². The number of aliphatic carboxylic acids is 1. The topological polar surface area (TPSA) is 75.6 Å². The van der Waals surface area contributed by atoms with E-state index in [1.54, 1.807) is 24.3 Å². The van der Waals surface area contributed by atoms with Gasteiger partial charge in [0.1, 0.15) is 6.61 Å². The third kappa shape index (κ3) is 6.89. The van der Waals surface area contributed by atoms with E-state index in [0.717, 1.165) is 19.3 Å². The molecule has 20 heavy (non-hydrogen) atoms. The van der Waals surface area contributed by atoms with Crippen LogP contribution in [0, 0.1) is 0 Å². The molecule has 0 aliphatic carbocycles. The fraction of sp³-hybridized carbons (Fsp3) is 0.467. The summed E-state index contributed by atoms with van der Waals surface area (Å²) in [7, 11) is 0. The Kier molecular flexibility index (Phi) is 7.35. The summed E-state index contributed by atoms with van der Waals surface area (Å²) in [6.07, 6.45) is 3.11. The zero-order valence-corrected chi connectivity index (χ0v) is 11.7. The maximum atomic E-state index is 11.6. The number of nitrogens with one attached hydrogen (secondary N) is 1. The zero-order valence-electron chi connectivity index (χ0n) is 11.7. The van der Waals surface area contributed by atoms with Gasteiger partial charge in [-0.05, 0) is 24.1 Å². The molecule has 0 bridgehead atoms. The average Bonchev–Trinajstić information content (AvgIpc) is 2.38. The molecule has 1 aromatic carbocycles. The number of benzene rings is 1. The molecule has 0 heterocycles. The van der Waals surface area contributed by atoms with Crippen LogP contribution < -0.4 is 5.32 Å². The van der Waals surface area contributed by atoms with Crippen molar-refractivity contribution in [2.75, 3.05) is 18.5 Å². The lowest BCUT2D eigenvalue weighted by Crippen LogP contribution is -2.18. The van der Waals surface area contributed by atoms with E-state index < -0.39 is 5.97 Å². The number of amides is 1. The molecule has 0 unspecified atom stereocenters. The third-order valence-electron chi connectivity index (χ3n) is 2.69. The Labute approximate surface area is 118 Å². The summed E-state index contributed by atoms with van der Waals surface area (Å²) >= 11 is 0. The van der Waals surface area contributed by atoms with Crippen LogP contribution in [-0.2, 0) is 20.7 Å². The molecule has 0 aliphatic rings. The molecule has 0 radical (unpaired) electrons. The molecule has 2 N–H and O–H groups in total. The number of unbranched alkanes of at least 4 members (excludes halogenated alkanes) is 2. The number of hydrogen-bond donors (Lipinski definition) is 2. The van der Waals surface area contributed by atoms with Crippen LogP contribution in [0.5, 0.6) is 0 Å². The van der Waals surface area contributed by atoms with E-state index in [1.807, 2.05) is 0 Å². The van der Waals surface area contributed by atoms with Crippen LogP contribution in [0.15, 0.2) is 24.3 Å². The minimum atomic E-state index is -0.896. The van der Waals surface area contributed by atoms with Crippen molar-refractivity contribution < 1.29 is 19.4 Å². The molecule has 5 heteroatoms. The van der Waals surface area contributed by atoms with E-state index in [0.29, 0.717) is 17.9 Å². The lowest BCUT2D eigenvalue weighted by atomic mass is 10.1. The molecule has 1 rings (SSSR count). The van der Waals surface area contributed by atoms with Crippen molar-refractivity contribution in [1.82, 2.24) is 0 Å². The summed E-state index contributed by atoms with van der Waals surface area (Å²) in [6.45, 7) is 2.71. The second-order valence-electron chi connectivity index (χ2n) is 4.58. The zero-order chi connectivity index (χ0) is 14.8. The molecule has 0 saturated carbocycles. The van der Waals surface area contributed by atoms with Gasteiger partial charge in [0, 0.05) is 12.3 Å². The van der Waals surface area contributed by atoms with Crippen molar-refractivity contribution in [2.24, 2.45) is 0 Å². The van der Waals surface area contributed by atoms with Gasteiger partial charge < -0.3 is 15.2 Å². The van der Waals surface area contributed by atoms with Gasteiger partial charge in [-0.1, -0.05) is 31.9 Å². The van der Waals surface area contributed by atoms with Crippen LogP contribution in [0.3, 0.4) is 0 Å². The first-order valence-electron chi connectivity index (χ1n) is 6.80. The molecule has 110 valence electrons. The van der Waals surface area contributed by atoms with E-state index >= 15 is 0 Å².